The van der Waals surface area contributed by atoms with E-state index >= 15 is 0 Å². The Morgan fingerprint density at radius 1 is 1.30 bits per heavy atom. The Morgan fingerprint density at radius 3 is 2.50 bits per heavy atom. The van der Waals surface area contributed by atoms with E-state index < -0.39 is 0 Å². The standard InChI is InChI=1S/C16H23FN2O/c1-4-5-10-19-15(12-6-8-13(17)9-7-12)18-14(11(2)3)16(19)20/h6-9,11,14-15,18H,4-5,10H2,1-3H3. The first-order chi connectivity index (χ1) is 9.54. The third-order valence-electron chi connectivity index (χ3n) is 3.80. The second-order valence-corrected chi connectivity index (χ2v) is 5.73. The van der Waals surface area contributed by atoms with Crippen molar-refractivity contribution < 1.29 is 9.18 Å². The van der Waals surface area contributed by atoms with Crippen LogP contribution in [0.25, 0.3) is 0 Å². The Labute approximate surface area is 120 Å². The van der Waals surface area contributed by atoms with Gasteiger partial charge in [-0.25, -0.2) is 4.39 Å². The molecule has 1 heterocycles. The van der Waals surface area contributed by atoms with Crippen LogP contribution in [0.15, 0.2) is 24.3 Å². The van der Waals surface area contributed by atoms with Crippen LogP contribution in [0.4, 0.5) is 4.39 Å². The number of carbonyl (C=O) groups excluding carboxylic acids is 1. The first kappa shape index (κ1) is 15.0. The van der Waals surface area contributed by atoms with E-state index in [-0.39, 0.29) is 29.8 Å². The third kappa shape index (κ3) is 3.01. The van der Waals surface area contributed by atoms with E-state index in [1.54, 1.807) is 12.1 Å². The molecule has 2 unspecified atom stereocenters. The lowest BCUT2D eigenvalue weighted by Gasteiger charge is -2.24. The molecule has 1 N–H and O–H groups in total. The van der Waals surface area contributed by atoms with Crippen molar-refractivity contribution in [2.24, 2.45) is 5.92 Å². The highest BCUT2D eigenvalue weighted by molar-refractivity contribution is 5.84. The Bertz CT molecular complexity index is 458. The summed E-state index contributed by atoms with van der Waals surface area (Å²) in [6.07, 6.45) is 1.89. The van der Waals surface area contributed by atoms with E-state index in [2.05, 4.69) is 12.2 Å². The molecule has 110 valence electrons. The van der Waals surface area contributed by atoms with Gasteiger partial charge in [0.1, 0.15) is 12.0 Å². The zero-order chi connectivity index (χ0) is 14.7. The van der Waals surface area contributed by atoms with Gasteiger partial charge in [-0.15, -0.1) is 0 Å². The van der Waals surface area contributed by atoms with Gasteiger partial charge in [0.15, 0.2) is 0 Å². The number of hydrogen-bond donors (Lipinski definition) is 1. The fraction of sp³-hybridized carbons (Fsp3) is 0.562. The van der Waals surface area contributed by atoms with Gasteiger partial charge >= 0.3 is 0 Å². The van der Waals surface area contributed by atoms with E-state index in [0.717, 1.165) is 24.9 Å². The highest BCUT2D eigenvalue weighted by atomic mass is 19.1. The molecule has 4 heteroatoms. The van der Waals surface area contributed by atoms with Gasteiger partial charge in [-0.2, -0.15) is 0 Å². The number of nitrogens with zero attached hydrogens (tertiary/aromatic N) is 1. The van der Waals surface area contributed by atoms with Gasteiger partial charge in [-0.1, -0.05) is 39.3 Å². The minimum atomic E-state index is -0.251. The summed E-state index contributed by atoms with van der Waals surface area (Å²) in [5.41, 5.74) is 0.944. The number of unbranched alkanes of at least 4 members (excludes halogenated alkanes) is 1. The molecular weight excluding hydrogens is 255 g/mol. The molecule has 1 aliphatic rings. The Kier molecular flexibility index (Phi) is 4.76. The molecule has 0 aliphatic carbocycles. The van der Waals surface area contributed by atoms with Gasteiger partial charge in [0, 0.05) is 6.54 Å². The van der Waals surface area contributed by atoms with Gasteiger partial charge in [0.25, 0.3) is 0 Å². The fourth-order valence-corrected chi connectivity index (χ4v) is 2.60. The van der Waals surface area contributed by atoms with Crippen molar-refractivity contribution in [3.63, 3.8) is 0 Å². The van der Waals surface area contributed by atoms with E-state index in [4.69, 9.17) is 0 Å². The molecular formula is C16H23FN2O. The zero-order valence-corrected chi connectivity index (χ0v) is 12.4. The topological polar surface area (TPSA) is 32.3 Å². The second kappa shape index (κ2) is 6.35. The van der Waals surface area contributed by atoms with Gasteiger partial charge in [-0.3, -0.25) is 10.1 Å². The van der Waals surface area contributed by atoms with Crippen molar-refractivity contribution >= 4 is 5.91 Å². The number of carbonyl (C=O) groups is 1. The van der Waals surface area contributed by atoms with Gasteiger partial charge in [0.2, 0.25) is 5.91 Å². The highest BCUT2D eigenvalue weighted by Crippen LogP contribution is 2.28. The number of nitrogens with one attached hydrogen (secondary N) is 1. The maximum absolute atomic E-state index is 13.1. The minimum absolute atomic E-state index is 0.137. The first-order valence-electron chi connectivity index (χ1n) is 7.36. The predicted molar refractivity (Wildman–Crippen MR) is 77.5 cm³/mol. The van der Waals surface area contributed by atoms with Crippen molar-refractivity contribution in [3.05, 3.63) is 35.6 Å². The SMILES string of the molecule is CCCCN1C(=O)C(C(C)C)NC1c1ccc(F)cc1. The molecule has 0 bridgehead atoms. The van der Waals surface area contributed by atoms with Crippen LogP contribution >= 0.6 is 0 Å². The predicted octanol–water partition coefficient (Wildman–Crippen LogP) is 3.08. The molecule has 1 aromatic carbocycles. The van der Waals surface area contributed by atoms with E-state index in [1.165, 1.54) is 12.1 Å². The summed E-state index contributed by atoms with van der Waals surface area (Å²) in [7, 11) is 0. The molecule has 20 heavy (non-hydrogen) atoms. The normalized spacial score (nSPS) is 22.9. The molecule has 0 aromatic heterocycles. The van der Waals surface area contributed by atoms with Gasteiger partial charge < -0.3 is 4.90 Å². The number of hydrogen-bond acceptors (Lipinski definition) is 2. The smallest absolute Gasteiger partial charge is 0.241 e. The molecule has 2 rings (SSSR count). The molecule has 0 radical (unpaired) electrons. The lowest BCUT2D eigenvalue weighted by Crippen LogP contribution is -2.34. The van der Waals surface area contributed by atoms with Crippen LogP contribution < -0.4 is 5.32 Å². The average Bonchev–Trinajstić information content (AvgIpc) is 2.75. The number of benzene rings is 1. The molecule has 0 spiro atoms. The van der Waals surface area contributed by atoms with Crippen LogP contribution in [-0.2, 0) is 4.79 Å². The summed E-state index contributed by atoms with van der Waals surface area (Å²) < 4.78 is 13.1. The monoisotopic (exact) mass is 278 g/mol. The van der Waals surface area contributed by atoms with Crippen molar-refractivity contribution in [1.82, 2.24) is 10.2 Å². The number of rotatable bonds is 5. The van der Waals surface area contributed by atoms with Crippen LogP contribution in [0.5, 0.6) is 0 Å². The van der Waals surface area contributed by atoms with Crippen molar-refractivity contribution in [2.75, 3.05) is 6.54 Å². The minimum Gasteiger partial charge on any atom is -0.322 e. The lowest BCUT2D eigenvalue weighted by atomic mass is 10.1. The third-order valence-corrected chi connectivity index (χ3v) is 3.80. The van der Waals surface area contributed by atoms with Crippen molar-refractivity contribution in [1.29, 1.82) is 0 Å². The quantitative estimate of drug-likeness (QED) is 0.897. The first-order valence-corrected chi connectivity index (χ1v) is 7.36. The maximum Gasteiger partial charge on any atom is 0.241 e. The van der Waals surface area contributed by atoms with E-state index in [1.807, 2.05) is 18.7 Å². The summed E-state index contributed by atoms with van der Waals surface area (Å²) in [4.78, 5) is 14.4. The Balaban J connectivity index is 2.23. The highest BCUT2D eigenvalue weighted by Gasteiger charge is 2.40. The summed E-state index contributed by atoms with van der Waals surface area (Å²) in [5.74, 6) is 0.151. The molecule has 1 aliphatic heterocycles. The molecule has 1 saturated heterocycles. The molecule has 2 atom stereocenters. The number of amides is 1. The van der Waals surface area contributed by atoms with E-state index in [9.17, 15) is 9.18 Å². The second-order valence-electron chi connectivity index (χ2n) is 5.73. The van der Waals surface area contributed by atoms with E-state index in [0.29, 0.717) is 0 Å². The van der Waals surface area contributed by atoms with Crippen molar-refractivity contribution in [2.45, 2.75) is 45.8 Å². The van der Waals surface area contributed by atoms with Crippen LogP contribution in [0.1, 0.15) is 45.3 Å². The fourth-order valence-electron chi connectivity index (χ4n) is 2.60. The summed E-state index contributed by atoms with van der Waals surface area (Å²) in [6.45, 7) is 6.94. The Morgan fingerprint density at radius 2 is 1.95 bits per heavy atom. The summed E-state index contributed by atoms with van der Waals surface area (Å²) in [5, 5.41) is 3.39. The van der Waals surface area contributed by atoms with Gasteiger partial charge in [0.05, 0.1) is 6.04 Å². The van der Waals surface area contributed by atoms with Crippen LogP contribution in [0.2, 0.25) is 0 Å². The summed E-state index contributed by atoms with van der Waals surface area (Å²) in [6, 6.07) is 6.25. The maximum atomic E-state index is 13.1. The zero-order valence-electron chi connectivity index (χ0n) is 12.4. The molecule has 1 amide bonds. The van der Waals surface area contributed by atoms with Crippen molar-refractivity contribution in [3.8, 4) is 0 Å². The largest absolute Gasteiger partial charge is 0.322 e. The molecule has 0 saturated carbocycles. The van der Waals surface area contributed by atoms with Crippen LogP contribution in [0.3, 0.4) is 0 Å². The summed E-state index contributed by atoms with van der Waals surface area (Å²) >= 11 is 0. The molecule has 3 nitrogen and oxygen atoms in total. The van der Waals surface area contributed by atoms with Gasteiger partial charge in [-0.05, 0) is 30.0 Å². The van der Waals surface area contributed by atoms with Crippen LogP contribution in [0, 0.1) is 11.7 Å². The number of halogens is 1. The van der Waals surface area contributed by atoms with Crippen LogP contribution in [-0.4, -0.2) is 23.4 Å². The molecule has 1 fully saturated rings. The lowest BCUT2D eigenvalue weighted by molar-refractivity contribution is -0.130. The Hall–Kier alpha value is -1.42. The average molecular weight is 278 g/mol. The molecule has 1 aromatic rings.